The molecule has 4 heteroatoms. The molecule has 18 heavy (non-hydrogen) atoms. The van der Waals surface area contributed by atoms with Crippen LogP contribution in [0.4, 0.5) is 0 Å². The van der Waals surface area contributed by atoms with E-state index in [9.17, 15) is 5.11 Å². The van der Waals surface area contributed by atoms with Crippen LogP contribution in [-0.4, -0.2) is 21.8 Å². The minimum atomic E-state index is -0.150. The molecule has 2 atom stereocenters. The zero-order chi connectivity index (χ0) is 13.1. The van der Waals surface area contributed by atoms with E-state index in [2.05, 4.69) is 11.4 Å². The molecule has 1 aromatic rings. The van der Waals surface area contributed by atoms with Crippen molar-refractivity contribution in [2.24, 2.45) is 7.05 Å². The Morgan fingerprint density at radius 2 is 2.33 bits per heavy atom. The van der Waals surface area contributed by atoms with Gasteiger partial charge in [-0.3, -0.25) is 0 Å². The van der Waals surface area contributed by atoms with Crippen LogP contribution in [0.25, 0.3) is 0 Å². The third-order valence-corrected chi connectivity index (χ3v) is 3.98. The Morgan fingerprint density at radius 3 is 2.94 bits per heavy atom. The number of aliphatic hydroxyl groups is 1. The van der Waals surface area contributed by atoms with Crippen molar-refractivity contribution >= 4 is 0 Å². The van der Waals surface area contributed by atoms with Gasteiger partial charge in [-0.2, -0.15) is 5.26 Å². The van der Waals surface area contributed by atoms with Crippen LogP contribution in [-0.2, 0) is 13.6 Å². The van der Waals surface area contributed by atoms with E-state index in [1.165, 1.54) is 5.56 Å². The number of nitrogens with one attached hydrogen (secondary N) is 1. The standard InChI is InChI=1S/C14H21N3O/c1-10-11(6-13(8-15)17(10)2)9-16-12-4-3-5-14(18)7-12/h6,12,14,16,18H,3-5,7,9H2,1-2H3. The van der Waals surface area contributed by atoms with E-state index in [4.69, 9.17) is 5.26 Å². The monoisotopic (exact) mass is 247 g/mol. The van der Waals surface area contributed by atoms with Crippen molar-refractivity contribution < 1.29 is 5.11 Å². The van der Waals surface area contributed by atoms with Crippen LogP contribution in [0.3, 0.4) is 0 Å². The molecular weight excluding hydrogens is 226 g/mol. The van der Waals surface area contributed by atoms with Gasteiger partial charge in [-0.15, -0.1) is 0 Å². The van der Waals surface area contributed by atoms with E-state index < -0.39 is 0 Å². The Balaban J connectivity index is 1.96. The molecule has 1 aromatic heterocycles. The second kappa shape index (κ2) is 5.55. The maximum Gasteiger partial charge on any atom is 0.120 e. The lowest BCUT2D eigenvalue weighted by molar-refractivity contribution is 0.111. The third-order valence-electron chi connectivity index (χ3n) is 3.98. The van der Waals surface area contributed by atoms with Crippen LogP contribution in [0.1, 0.15) is 42.6 Å². The number of nitrogens with zero attached hydrogens (tertiary/aromatic N) is 2. The fourth-order valence-corrected chi connectivity index (χ4v) is 2.65. The van der Waals surface area contributed by atoms with Crippen LogP contribution in [0, 0.1) is 18.3 Å². The predicted octanol–water partition coefficient (Wildman–Crippen LogP) is 1.60. The first kappa shape index (κ1) is 13.1. The molecule has 1 aliphatic rings. The number of hydrogen-bond donors (Lipinski definition) is 2. The number of aromatic nitrogens is 1. The summed E-state index contributed by atoms with van der Waals surface area (Å²) in [6.45, 7) is 2.81. The molecule has 4 nitrogen and oxygen atoms in total. The Kier molecular flexibility index (Phi) is 4.05. The highest BCUT2D eigenvalue weighted by Crippen LogP contribution is 2.19. The smallest absolute Gasteiger partial charge is 0.120 e. The summed E-state index contributed by atoms with van der Waals surface area (Å²) in [7, 11) is 1.92. The molecule has 0 bridgehead atoms. The van der Waals surface area contributed by atoms with Gasteiger partial charge in [-0.05, 0) is 44.2 Å². The van der Waals surface area contributed by atoms with E-state index in [-0.39, 0.29) is 6.10 Å². The topological polar surface area (TPSA) is 61.0 Å². The lowest BCUT2D eigenvalue weighted by Crippen LogP contribution is -2.35. The van der Waals surface area contributed by atoms with Gasteiger partial charge in [-0.1, -0.05) is 0 Å². The summed E-state index contributed by atoms with van der Waals surface area (Å²) < 4.78 is 1.92. The Labute approximate surface area is 108 Å². The summed E-state index contributed by atoms with van der Waals surface area (Å²) in [4.78, 5) is 0. The van der Waals surface area contributed by atoms with Crippen LogP contribution in [0.15, 0.2) is 6.07 Å². The highest BCUT2D eigenvalue weighted by Gasteiger charge is 2.20. The molecular formula is C14H21N3O. The first-order valence-corrected chi connectivity index (χ1v) is 6.58. The van der Waals surface area contributed by atoms with Crippen LogP contribution < -0.4 is 5.32 Å². The molecule has 2 rings (SSSR count). The van der Waals surface area contributed by atoms with Gasteiger partial charge in [0.25, 0.3) is 0 Å². The van der Waals surface area contributed by atoms with E-state index >= 15 is 0 Å². The highest BCUT2D eigenvalue weighted by molar-refractivity contribution is 5.34. The molecule has 0 aromatic carbocycles. The van der Waals surface area contributed by atoms with E-state index in [1.54, 1.807) is 0 Å². The minimum Gasteiger partial charge on any atom is -0.393 e. The van der Waals surface area contributed by atoms with Crippen molar-refractivity contribution in [2.75, 3.05) is 0 Å². The predicted molar refractivity (Wildman–Crippen MR) is 70.0 cm³/mol. The normalized spacial score (nSPS) is 23.9. The minimum absolute atomic E-state index is 0.150. The molecule has 2 unspecified atom stereocenters. The average molecular weight is 247 g/mol. The van der Waals surface area contributed by atoms with Crippen molar-refractivity contribution in [2.45, 2.75) is 51.3 Å². The maximum absolute atomic E-state index is 9.63. The molecule has 2 N–H and O–H groups in total. The summed E-state index contributed by atoms with van der Waals surface area (Å²) >= 11 is 0. The van der Waals surface area contributed by atoms with Gasteiger partial charge in [0.05, 0.1) is 6.10 Å². The van der Waals surface area contributed by atoms with Gasteiger partial charge in [0, 0.05) is 25.3 Å². The molecule has 0 radical (unpaired) electrons. The SMILES string of the molecule is Cc1c(CNC2CCCC(O)C2)cc(C#N)n1C. The van der Waals surface area contributed by atoms with E-state index in [0.717, 1.165) is 37.9 Å². The van der Waals surface area contributed by atoms with Crippen LogP contribution >= 0.6 is 0 Å². The molecule has 0 aliphatic heterocycles. The molecule has 0 saturated heterocycles. The van der Waals surface area contributed by atoms with Crippen molar-refractivity contribution in [1.82, 2.24) is 9.88 Å². The van der Waals surface area contributed by atoms with Crippen molar-refractivity contribution in [1.29, 1.82) is 5.26 Å². The zero-order valence-corrected chi connectivity index (χ0v) is 11.1. The summed E-state index contributed by atoms with van der Waals surface area (Å²) in [5.74, 6) is 0. The van der Waals surface area contributed by atoms with Crippen molar-refractivity contribution in [3.8, 4) is 6.07 Å². The molecule has 0 amide bonds. The van der Waals surface area contributed by atoms with Crippen LogP contribution in [0.2, 0.25) is 0 Å². The summed E-state index contributed by atoms with van der Waals surface area (Å²) in [6.07, 6.45) is 3.85. The summed E-state index contributed by atoms with van der Waals surface area (Å²) in [5.41, 5.74) is 3.01. The number of hydrogen-bond acceptors (Lipinski definition) is 3. The number of aliphatic hydroxyl groups excluding tert-OH is 1. The lowest BCUT2D eigenvalue weighted by atomic mass is 9.93. The van der Waals surface area contributed by atoms with Gasteiger partial charge in [0.15, 0.2) is 0 Å². The van der Waals surface area contributed by atoms with E-state index in [0.29, 0.717) is 11.7 Å². The third kappa shape index (κ3) is 2.74. The second-order valence-corrected chi connectivity index (χ2v) is 5.21. The molecule has 0 spiro atoms. The number of rotatable bonds is 3. The largest absolute Gasteiger partial charge is 0.393 e. The van der Waals surface area contributed by atoms with Crippen molar-refractivity contribution in [3.63, 3.8) is 0 Å². The fourth-order valence-electron chi connectivity index (χ4n) is 2.65. The zero-order valence-electron chi connectivity index (χ0n) is 11.1. The Morgan fingerprint density at radius 1 is 1.56 bits per heavy atom. The first-order chi connectivity index (χ1) is 8.61. The molecule has 1 saturated carbocycles. The van der Waals surface area contributed by atoms with Gasteiger partial charge in [-0.25, -0.2) is 0 Å². The average Bonchev–Trinajstić information content (AvgIpc) is 2.64. The maximum atomic E-state index is 9.63. The Bertz CT molecular complexity index is 458. The second-order valence-electron chi connectivity index (χ2n) is 5.21. The van der Waals surface area contributed by atoms with Gasteiger partial charge in [0.1, 0.15) is 11.8 Å². The quantitative estimate of drug-likeness (QED) is 0.853. The highest BCUT2D eigenvalue weighted by atomic mass is 16.3. The first-order valence-electron chi connectivity index (χ1n) is 6.58. The van der Waals surface area contributed by atoms with Gasteiger partial charge >= 0.3 is 0 Å². The molecule has 1 fully saturated rings. The molecule has 98 valence electrons. The molecule has 1 heterocycles. The number of nitriles is 1. The molecule has 1 aliphatic carbocycles. The van der Waals surface area contributed by atoms with Crippen LogP contribution in [0.5, 0.6) is 0 Å². The summed E-state index contributed by atoms with van der Waals surface area (Å²) in [5, 5.41) is 22.1. The Hall–Kier alpha value is -1.31. The van der Waals surface area contributed by atoms with Gasteiger partial charge < -0.3 is 15.0 Å². The van der Waals surface area contributed by atoms with E-state index in [1.807, 2.05) is 24.6 Å². The van der Waals surface area contributed by atoms with Gasteiger partial charge in [0.2, 0.25) is 0 Å². The van der Waals surface area contributed by atoms with Crippen molar-refractivity contribution in [3.05, 3.63) is 23.0 Å². The summed E-state index contributed by atoms with van der Waals surface area (Å²) in [6, 6.07) is 4.54. The lowest BCUT2D eigenvalue weighted by Gasteiger charge is -2.26. The fraction of sp³-hybridized carbons (Fsp3) is 0.643.